The van der Waals surface area contributed by atoms with Gasteiger partial charge in [0, 0.05) is 21.0 Å². The maximum atomic E-state index is 9.99. The second kappa shape index (κ2) is 4.49. The second-order valence-corrected chi connectivity index (χ2v) is 4.54. The third kappa shape index (κ3) is 2.32. The monoisotopic (exact) mass is 259 g/mol. The van der Waals surface area contributed by atoms with Crippen LogP contribution in [-0.2, 0) is 0 Å². The Hall–Kier alpha value is -0.610. The lowest BCUT2D eigenvalue weighted by Crippen LogP contribution is -2.00. The number of benzene rings is 1. The Bertz CT molecular complexity index is 458. The van der Waals surface area contributed by atoms with Crippen molar-refractivity contribution in [1.29, 1.82) is 0 Å². The molecule has 78 valence electrons. The summed E-state index contributed by atoms with van der Waals surface area (Å²) in [6.45, 7) is 0. The highest BCUT2D eigenvalue weighted by Gasteiger charge is 2.15. The zero-order valence-corrected chi connectivity index (χ0v) is 9.85. The molecule has 0 fully saturated rings. The average molecular weight is 260 g/mol. The highest BCUT2D eigenvalue weighted by molar-refractivity contribution is 7.07. The molecule has 0 saturated carbocycles. The number of rotatable bonds is 2. The molecule has 1 heterocycles. The van der Waals surface area contributed by atoms with E-state index in [1.54, 1.807) is 29.1 Å². The van der Waals surface area contributed by atoms with Crippen molar-refractivity contribution in [3.63, 3.8) is 0 Å². The maximum Gasteiger partial charge on any atom is 0.123 e. The average Bonchev–Trinajstić information content (AvgIpc) is 2.74. The number of nitrogens with zero attached hydrogens (tertiary/aromatic N) is 1. The fourth-order valence-electron chi connectivity index (χ4n) is 1.24. The Balaban J connectivity index is 2.41. The van der Waals surface area contributed by atoms with Gasteiger partial charge in [0.15, 0.2) is 0 Å². The molecule has 0 radical (unpaired) electrons. The summed E-state index contributed by atoms with van der Waals surface area (Å²) in [5.41, 5.74) is 2.83. The molecule has 15 heavy (non-hydrogen) atoms. The minimum absolute atomic E-state index is 0.486. The quantitative estimate of drug-likeness (QED) is 0.895. The molecule has 1 aromatic heterocycles. The molecular formula is C10H7Cl2NOS. The van der Waals surface area contributed by atoms with E-state index < -0.39 is 6.10 Å². The van der Waals surface area contributed by atoms with Crippen molar-refractivity contribution in [2.45, 2.75) is 6.10 Å². The van der Waals surface area contributed by atoms with Crippen LogP contribution in [-0.4, -0.2) is 10.1 Å². The molecule has 0 aliphatic carbocycles. The third-order valence-corrected chi connectivity index (χ3v) is 3.17. The number of aliphatic hydroxyl groups is 1. The largest absolute Gasteiger partial charge is 0.382 e. The fourth-order valence-corrected chi connectivity index (χ4v) is 2.21. The van der Waals surface area contributed by atoms with Crippen LogP contribution >= 0.6 is 34.5 Å². The Morgan fingerprint density at radius 1 is 1.33 bits per heavy atom. The summed E-state index contributed by atoms with van der Waals surface area (Å²) in [4.78, 5) is 4.03. The van der Waals surface area contributed by atoms with Crippen molar-refractivity contribution in [3.05, 3.63) is 50.4 Å². The van der Waals surface area contributed by atoms with Crippen LogP contribution in [0.25, 0.3) is 0 Å². The Morgan fingerprint density at radius 2 is 2.13 bits per heavy atom. The molecule has 2 rings (SSSR count). The molecule has 5 heteroatoms. The van der Waals surface area contributed by atoms with Crippen LogP contribution < -0.4 is 0 Å². The van der Waals surface area contributed by atoms with Gasteiger partial charge in [-0.2, -0.15) is 0 Å². The Morgan fingerprint density at radius 3 is 2.80 bits per heavy atom. The predicted molar refractivity (Wildman–Crippen MR) is 62.6 cm³/mol. The van der Waals surface area contributed by atoms with Crippen molar-refractivity contribution in [2.24, 2.45) is 0 Å². The first kappa shape index (κ1) is 10.9. The number of thiazole rings is 1. The van der Waals surface area contributed by atoms with Crippen LogP contribution in [0.1, 0.15) is 17.4 Å². The number of hydrogen-bond donors (Lipinski definition) is 1. The minimum atomic E-state index is -0.817. The predicted octanol–water partition coefficient (Wildman–Crippen LogP) is 3.53. The summed E-state index contributed by atoms with van der Waals surface area (Å²) in [6, 6.07) is 4.99. The first-order valence-electron chi connectivity index (χ1n) is 4.19. The fraction of sp³-hybridized carbons (Fsp3) is 0.100. The first-order valence-corrected chi connectivity index (χ1v) is 5.89. The molecule has 2 nitrogen and oxygen atoms in total. The van der Waals surface area contributed by atoms with Crippen LogP contribution in [0.15, 0.2) is 29.1 Å². The van der Waals surface area contributed by atoms with Crippen molar-refractivity contribution >= 4 is 34.5 Å². The standard InChI is InChI=1S/C10H7Cl2NOS/c11-6-1-2-8(12)7(3-6)10(14)9-4-15-5-13-9/h1-5,10,14H. The SMILES string of the molecule is OC(c1cscn1)c1cc(Cl)ccc1Cl. The smallest absolute Gasteiger partial charge is 0.123 e. The summed E-state index contributed by atoms with van der Waals surface area (Å²) in [5.74, 6) is 0. The van der Waals surface area contributed by atoms with Gasteiger partial charge in [-0.15, -0.1) is 11.3 Å². The molecular weight excluding hydrogens is 253 g/mol. The molecule has 1 aromatic carbocycles. The Kier molecular flexibility index (Phi) is 3.26. The van der Waals surface area contributed by atoms with Gasteiger partial charge in [-0.05, 0) is 18.2 Å². The zero-order chi connectivity index (χ0) is 10.8. The van der Waals surface area contributed by atoms with E-state index in [1.807, 2.05) is 0 Å². The van der Waals surface area contributed by atoms with E-state index >= 15 is 0 Å². The molecule has 0 aliphatic rings. The van der Waals surface area contributed by atoms with Gasteiger partial charge in [-0.25, -0.2) is 4.98 Å². The van der Waals surface area contributed by atoms with Gasteiger partial charge in [-0.1, -0.05) is 23.2 Å². The van der Waals surface area contributed by atoms with E-state index in [2.05, 4.69) is 4.98 Å². The third-order valence-electron chi connectivity index (χ3n) is 1.98. The minimum Gasteiger partial charge on any atom is -0.382 e. The van der Waals surface area contributed by atoms with Crippen molar-refractivity contribution in [3.8, 4) is 0 Å². The molecule has 1 N–H and O–H groups in total. The van der Waals surface area contributed by atoms with Crippen LogP contribution in [0.3, 0.4) is 0 Å². The maximum absolute atomic E-state index is 9.99. The molecule has 0 bridgehead atoms. The van der Waals surface area contributed by atoms with Crippen molar-refractivity contribution < 1.29 is 5.11 Å². The van der Waals surface area contributed by atoms with Gasteiger partial charge in [0.05, 0.1) is 11.2 Å². The lowest BCUT2D eigenvalue weighted by atomic mass is 10.1. The summed E-state index contributed by atoms with van der Waals surface area (Å²) in [6.07, 6.45) is -0.817. The molecule has 0 aliphatic heterocycles. The van der Waals surface area contributed by atoms with E-state index in [0.717, 1.165) is 0 Å². The Labute approximate surface area is 101 Å². The number of aliphatic hydroxyl groups excluding tert-OH is 1. The van der Waals surface area contributed by atoms with E-state index in [1.165, 1.54) is 11.3 Å². The van der Waals surface area contributed by atoms with Gasteiger partial charge < -0.3 is 5.11 Å². The van der Waals surface area contributed by atoms with Crippen molar-refractivity contribution in [2.75, 3.05) is 0 Å². The molecule has 0 spiro atoms. The number of halogens is 2. The lowest BCUT2D eigenvalue weighted by Gasteiger charge is -2.10. The van der Waals surface area contributed by atoms with Gasteiger partial charge in [0.1, 0.15) is 6.10 Å². The topological polar surface area (TPSA) is 33.1 Å². The summed E-state index contributed by atoms with van der Waals surface area (Å²) < 4.78 is 0. The van der Waals surface area contributed by atoms with Crippen LogP contribution in [0.2, 0.25) is 10.0 Å². The summed E-state index contributed by atoms with van der Waals surface area (Å²) in [7, 11) is 0. The van der Waals surface area contributed by atoms with E-state index in [-0.39, 0.29) is 0 Å². The molecule has 0 saturated heterocycles. The number of hydrogen-bond acceptors (Lipinski definition) is 3. The molecule has 1 atom stereocenters. The van der Waals surface area contributed by atoms with Crippen molar-refractivity contribution in [1.82, 2.24) is 4.98 Å². The number of aromatic nitrogens is 1. The van der Waals surface area contributed by atoms with Crippen LogP contribution in [0.4, 0.5) is 0 Å². The lowest BCUT2D eigenvalue weighted by molar-refractivity contribution is 0.216. The summed E-state index contributed by atoms with van der Waals surface area (Å²) in [5, 5.41) is 12.8. The van der Waals surface area contributed by atoms with Crippen LogP contribution in [0, 0.1) is 0 Å². The van der Waals surface area contributed by atoms with Crippen LogP contribution in [0.5, 0.6) is 0 Å². The van der Waals surface area contributed by atoms with E-state index in [4.69, 9.17) is 23.2 Å². The summed E-state index contributed by atoms with van der Waals surface area (Å²) >= 11 is 13.2. The van der Waals surface area contributed by atoms with Gasteiger partial charge >= 0.3 is 0 Å². The second-order valence-electron chi connectivity index (χ2n) is 2.98. The van der Waals surface area contributed by atoms with Gasteiger partial charge in [0.2, 0.25) is 0 Å². The van der Waals surface area contributed by atoms with Gasteiger partial charge in [-0.3, -0.25) is 0 Å². The molecule has 0 amide bonds. The zero-order valence-electron chi connectivity index (χ0n) is 7.52. The van der Waals surface area contributed by atoms with Gasteiger partial charge in [0.25, 0.3) is 0 Å². The highest BCUT2D eigenvalue weighted by atomic mass is 35.5. The van der Waals surface area contributed by atoms with E-state index in [0.29, 0.717) is 21.3 Å². The highest BCUT2D eigenvalue weighted by Crippen LogP contribution is 2.30. The first-order chi connectivity index (χ1) is 7.18. The normalized spacial score (nSPS) is 12.7. The molecule has 2 aromatic rings. The molecule has 1 unspecified atom stereocenters. The van der Waals surface area contributed by atoms with E-state index in [9.17, 15) is 5.11 Å².